The van der Waals surface area contributed by atoms with Gasteiger partial charge in [0.25, 0.3) is 0 Å². The first-order chi connectivity index (χ1) is 8.11. The second-order valence-electron chi connectivity index (χ2n) is 3.89. The van der Waals surface area contributed by atoms with E-state index in [0.717, 1.165) is 10.7 Å². The van der Waals surface area contributed by atoms with Crippen molar-refractivity contribution in [3.05, 3.63) is 16.1 Å². The number of aryl methyl sites for hydroxylation is 1. The number of rotatable bonds is 7. The Morgan fingerprint density at radius 3 is 3.00 bits per heavy atom. The van der Waals surface area contributed by atoms with Gasteiger partial charge in [-0.3, -0.25) is 4.79 Å². The largest absolute Gasteiger partial charge is 0.383 e. The fraction of sp³-hybridized carbons (Fsp3) is 0.636. The Bertz CT molecular complexity index is 354. The lowest BCUT2D eigenvalue weighted by molar-refractivity contribution is -0.121. The molecule has 0 bridgehead atoms. The topological polar surface area (TPSA) is 63.2 Å². The quantitative estimate of drug-likeness (QED) is 0.754. The number of nitrogens with zero attached hydrogens (tertiary/aromatic N) is 1. The highest BCUT2D eigenvalue weighted by Gasteiger charge is 2.06. The number of carbonyl (C=O) groups excluding carboxylic acids is 1. The molecule has 0 fully saturated rings. The Kier molecular flexibility index (Phi) is 6.10. The third-order valence-corrected chi connectivity index (χ3v) is 2.90. The van der Waals surface area contributed by atoms with Crippen molar-refractivity contribution in [1.82, 2.24) is 15.6 Å². The van der Waals surface area contributed by atoms with Crippen LogP contribution in [0.1, 0.15) is 17.6 Å². The first-order valence-electron chi connectivity index (χ1n) is 5.52. The molecule has 17 heavy (non-hydrogen) atoms. The maximum Gasteiger partial charge on any atom is 0.234 e. The van der Waals surface area contributed by atoms with Gasteiger partial charge >= 0.3 is 0 Å². The van der Waals surface area contributed by atoms with Gasteiger partial charge in [0.15, 0.2) is 0 Å². The molecule has 0 aliphatic rings. The van der Waals surface area contributed by atoms with E-state index < -0.39 is 0 Å². The van der Waals surface area contributed by atoms with Crippen LogP contribution in [0.3, 0.4) is 0 Å². The highest BCUT2D eigenvalue weighted by atomic mass is 32.1. The summed E-state index contributed by atoms with van der Waals surface area (Å²) in [7, 11) is 1.62. The molecule has 1 amide bonds. The van der Waals surface area contributed by atoms with Crippen molar-refractivity contribution in [2.45, 2.75) is 26.4 Å². The van der Waals surface area contributed by atoms with Crippen LogP contribution in [0.4, 0.5) is 0 Å². The summed E-state index contributed by atoms with van der Waals surface area (Å²) in [4.78, 5) is 15.8. The Balaban J connectivity index is 2.16. The molecule has 1 heterocycles. The van der Waals surface area contributed by atoms with Gasteiger partial charge in [-0.05, 0) is 13.8 Å². The zero-order valence-electron chi connectivity index (χ0n) is 10.4. The molecular weight excluding hydrogens is 238 g/mol. The lowest BCUT2D eigenvalue weighted by Gasteiger charge is -2.12. The molecular formula is C11H19N3O2S. The van der Waals surface area contributed by atoms with Crippen LogP contribution in [-0.4, -0.2) is 37.2 Å². The minimum atomic E-state index is -0.0264. The monoisotopic (exact) mass is 257 g/mol. The van der Waals surface area contributed by atoms with Crippen molar-refractivity contribution in [1.29, 1.82) is 0 Å². The van der Waals surface area contributed by atoms with Gasteiger partial charge in [-0.2, -0.15) is 0 Å². The SMILES string of the molecule is COCC(C)NC(=O)CNCc1csc(C)n1. The molecule has 5 nitrogen and oxygen atoms in total. The Morgan fingerprint density at radius 1 is 1.65 bits per heavy atom. The smallest absolute Gasteiger partial charge is 0.234 e. The van der Waals surface area contributed by atoms with Crippen LogP contribution in [0.2, 0.25) is 0 Å². The standard InChI is InChI=1S/C11H19N3O2S/c1-8(6-16-3)13-11(15)5-12-4-10-7-17-9(2)14-10/h7-8,12H,4-6H2,1-3H3,(H,13,15). The number of amides is 1. The van der Waals surface area contributed by atoms with E-state index in [-0.39, 0.29) is 11.9 Å². The van der Waals surface area contributed by atoms with E-state index in [1.54, 1.807) is 18.4 Å². The molecule has 96 valence electrons. The summed E-state index contributed by atoms with van der Waals surface area (Å²) in [6.45, 7) is 5.32. The van der Waals surface area contributed by atoms with E-state index in [4.69, 9.17) is 4.74 Å². The average molecular weight is 257 g/mol. The summed E-state index contributed by atoms with van der Waals surface area (Å²) >= 11 is 1.61. The van der Waals surface area contributed by atoms with Crippen molar-refractivity contribution >= 4 is 17.2 Å². The first-order valence-corrected chi connectivity index (χ1v) is 6.39. The first kappa shape index (κ1) is 14.1. The molecule has 0 saturated carbocycles. The number of carbonyl (C=O) groups is 1. The van der Waals surface area contributed by atoms with Crippen molar-refractivity contribution in [2.75, 3.05) is 20.3 Å². The van der Waals surface area contributed by atoms with Crippen LogP contribution >= 0.6 is 11.3 Å². The van der Waals surface area contributed by atoms with E-state index in [1.807, 2.05) is 19.2 Å². The molecule has 0 radical (unpaired) electrons. The summed E-state index contributed by atoms with van der Waals surface area (Å²) < 4.78 is 4.94. The zero-order chi connectivity index (χ0) is 12.7. The van der Waals surface area contributed by atoms with Crippen molar-refractivity contribution in [2.24, 2.45) is 0 Å². The molecule has 0 spiro atoms. The second kappa shape index (κ2) is 7.37. The minimum absolute atomic E-state index is 0.0264. The third-order valence-electron chi connectivity index (χ3n) is 2.08. The number of methoxy groups -OCH3 is 1. The average Bonchev–Trinajstić information content (AvgIpc) is 2.64. The fourth-order valence-electron chi connectivity index (χ4n) is 1.41. The van der Waals surface area contributed by atoms with Crippen LogP contribution in [0.25, 0.3) is 0 Å². The van der Waals surface area contributed by atoms with E-state index in [0.29, 0.717) is 19.7 Å². The number of thiazole rings is 1. The molecule has 1 unspecified atom stereocenters. The van der Waals surface area contributed by atoms with Gasteiger partial charge in [0, 0.05) is 25.1 Å². The van der Waals surface area contributed by atoms with Gasteiger partial charge in [0.2, 0.25) is 5.91 Å². The Hall–Kier alpha value is -0.980. The van der Waals surface area contributed by atoms with Gasteiger partial charge in [-0.15, -0.1) is 11.3 Å². The van der Waals surface area contributed by atoms with E-state index in [1.165, 1.54) is 0 Å². The number of nitrogens with one attached hydrogen (secondary N) is 2. The molecule has 0 aromatic carbocycles. The molecule has 1 atom stereocenters. The van der Waals surface area contributed by atoms with Gasteiger partial charge in [-0.1, -0.05) is 0 Å². The van der Waals surface area contributed by atoms with Gasteiger partial charge < -0.3 is 15.4 Å². The van der Waals surface area contributed by atoms with E-state index in [2.05, 4.69) is 15.6 Å². The van der Waals surface area contributed by atoms with Crippen LogP contribution < -0.4 is 10.6 Å². The van der Waals surface area contributed by atoms with Crippen molar-refractivity contribution < 1.29 is 9.53 Å². The molecule has 1 aromatic rings. The Morgan fingerprint density at radius 2 is 2.41 bits per heavy atom. The number of hydrogen-bond acceptors (Lipinski definition) is 5. The summed E-state index contributed by atoms with van der Waals surface area (Å²) in [5.74, 6) is -0.0264. The van der Waals surface area contributed by atoms with Crippen molar-refractivity contribution in [3.63, 3.8) is 0 Å². The van der Waals surface area contributed by atoms with Crippen LogP contribution in [-0.2, 0) is 16.1 Å². The second-order valence-corrected chi connectivity index (χ2v) is 4.95. The summed E-state index contributed by atoms with van der Waals surface area (Å²) in [6.07, 6.45) is 0. The zero-order valence-corrected chi connectivity index (χ0v) is 11.3. The van der Waals surface area contributed by atoms with E-state index >= 15 is 0 Å². The molecule has 0 aliphatic carbocycles. The molecule has 1 rings (SSSR count). The molecule has 2 N–H and O–H groups in total. The Labute approximate surface area is 106 Å². The summed E-state index contributed by atoms with van der Waals surface area (Å²) in [6, 6.07) is 0.0378. The van der Waals surface area contributed by atoms with Crippen LogP contribution in [0.5, 0.6) is 0 Å². The van der Waals surface area contributed by atoms with Crippen molar-refractivity contribution in [3.8, 4) is 0 Å². The lowest BCUT2D eigenvalue weighted by atomic mass is 10.3. The maximum atomic E-state index is 11.5. The lowest BCUT2D eigenvalue weighted by Crippen LogP contribution is -2.40. The summed E-state index contributed by atoms with van der Waals surface area (Å²) in [5, 5.41) is 8.92. The fourth-order valence-corrected chi connectivity index (χ4v) is 2.02. The number of aromatic nitrogens is 1. The number of ether oxygens (including phenoxy) is 1. The third kappa shape index (κ3) is 5.76. The predicted molar refractivity (Wildman–Crippen MR) is 68.0 cm³/mol. The molecule has 6 heteroatoms. The minimum Gasteiger partial charge on any atom is -0.383 e. The normalized spacial score (nSPS) is 12.4. The van der Waals surface area contributed by atoms with Gasteiger partial charge in [0.1, 0.15) is 0 Å². The molecule has 0 aliphatic heterocycles. The predicted octanol–water partition coefficient (Wildman–Crippen LogP) is 0.692. The van der Waals surface area contributed by atoms with Gasteiger partial charge in [-0.25, -0.2) is 4.98 Å². The maximum absolute atomic E-state index is 11.5. The highest BCUT2D eigenvalue weighted by Crippen LogP contribution is 2.06. The van der Waals surface area contributed by atoms with Crippen LogP contribution in [0, 0.1) is 6.92 Å². The molecule has 0 saturated heterocycles. The number of hydrogen-bond donors (Lipinski definition) is 2. The molecule has 1 aromatic heterocycles. The van der Waals surface area contributed by atoms with Crippen LogP contribution in [0.15, 0.2) is 5.38 Å². The van der Waals surface area contributed by atoms with E-state index in [9.17, 15) is 4.79 Å². The van der Waals surface area contributed by atoms with Gasteiger partial charge in [0.05, 0.1) is 23.9 Å². The highest BCUT2D eigenvalue weighted by molar-refractivity contribution is 7.09. The summed E-state index contributed by atoms with van der Waals surface area (Å²) in [5.41, 5.74) is 0.977.